The van der Waals surface area contributed by atoms with Crippen LogP contribution in [0.2, 0.25) is 0 Å². The van der Waals surface area contributed by atoms with Crippen LogP contribution >= 0.6 is 0 Å². The number of hydrogen-bond donors (Lipinski definition) is 0. The summed E-state index contributed by atoms with van der Waals surface area (Å²) in [6, 6.07) is 8.04. The first-order valence-electron chi connectivity index (χ1n) is 7.94. The number of methoxy groups -OCH3 is 1. The van der Waals surface area contributed by atoms with Gasteiger partial charge in [0.25, 0.3) is 0 Å². The van der Waals surface area contributed by atoms with Gasteiger partial charge in [0.15, 0.2) is 0 Å². The molecule has 0 saturated carbocycles. The van der Waals surface area contributed by atoms with Crippen molar-refractivity contribution in [3.63, 3.8) is 0 Å². The standard InChI is InChI=1S/C19H18O6/c1-4-9-23-19(21)15-8-7-14(25-15)17-11(2)24-16-10-12(22-3)5-6-13(16)18(17)20/h5-8,10H,4,9H2,1-3H3. The van der Waals surface area contributed by atoms with Crippen LogP contribution in [0, 0.1) is 6.92 Å². The summed E-state index contributed by atoms with van der Waals surface area (Å²) in [6.45, 7) is 3.89. The van der Waals surface area contributed by atoms with Crippen LogP contribution in [0.25, 0.3) is 22.3 Å². The SMILES string of the molecule is CCCOC(=O)c1ccc(-c2c(C)oc3cc(OC)ccc3c2=O)o1. The van der Waals surface area contributed by atoms with Gasteiger partial charge in [-0.3, -0.25) is 4.79 Å². The number of carbonyl (C=O) groups is 1. The maximum Gasteiger partial charge on any atom is 0.374 e. The highest BCUT2D eigenvalue weighted by atomic mass is 16.5. The summed E-state index contributed by atoms with van der Waals surface area (Å²) >= 11 is 0. The Kier molecular flexibility index (Phi) is 4.61. The Bertz CT molecular complexity index is 979. The fourth-order valence-electron chi connectivity index (χ4n) is 2.55. The summed E-state index contributed by atoms with van der Waals surface area (Å²) in [5.74, 6) is 0.764. The number of hydrogen-bond acceptors (Lipinski definition) is 6. The summed E-state index contributed by atoms with van der Waals surface area (Å²) < 4.78 is 21.5. The summed E-state index contributed by atoms with van der Waals surface area (Å²) in [7, 11) is 1.54. The van der Waals surface area contributed by atoms with E-state index < -0.39 is 5.97 Å². The molecule has 2 aromatic heterocycles. The fraction of sp³-hybridized carbons (Fsp3) is 0.263. The van der Waals surface area contributed by atoms with Crippen LogP contribution in [-0.2, 0) is 4.74 Å². The Morgan fingerprint density at radius 1 is 1.16 bits per heavy atom. The van der Waals surface area contributed by atoms with Gasteiger partial charge in [0.2, 0.25) is 11.2 Å². The Morgan fingerprint density at radius 3 is 2.68 bits per heavy atom. The molecule has 3 aromatic rings. The Morgan fingerprint density at radius 2 is 1.96 bits per heavy atom. The van der Waals surface area contributed by atoms with E-state index in [-0.39, 0.29) is 22.5 Å². The van der Waals surface area contributed by atoms with Crippen molar-refractivity contribution < 1.29 is 23.1 Å². The van der Waals surface area contributed by atoms with Gasteiger partial charge in [0, 0.05) is 6.07 Å². The maximum absolute atomic E-state index is 12.8. The van der Waals surface area contributed by atoms with E-state index in [1.807, 2.05) is 6.92 Å². The number of esters is 1. The third-order valence-corrected chi connectivity index (χ3v) is 3.77. The summed E-state index contributed by atoms with van der Waals surface area (Å²) in [5.41, 5.74) is 0.483. The van der Waals surface area contributed by atoms with Crippen LogP contribution in [0.1, 0.15) is 29.7 Å². The maximum atomic E-state index is 12.8. The normalized spacial score (nSPS) is 10.8. The number of benzene rings is 1. The predicted molar refractivity (Wildman–Crippen MR) is 92.0 cm³/mol. The molecule has 0 spiro atoms. The zero-order chi connectivity index (χ0) is 18.0. The summed E-state index contributed by atoms with van der Waals surface area (Å²) in [4.78, 5) is 24.7. The molecule has 0 unspecified atom stereocenters. The molecule has 0 atom stereocenters. The monoisotopic (exact) mass is 342 g/mol. The van der Waals surface area contributed by atoms with Crippen molar-refractivity contribution >= 4 is 16.9 Å². The van der Waals surface area contributed by atoms with Crippen molar-refractivity contribution in [1.82, 2.24) is 0 Å². The first-order chi connectivity index (χ1) is 12.0. The molecule has 130 valence electrons. The molecule has 3 rings (SSSR count). The molecule has 0 fully saturated rings. The van der Waals surface area contributed by atoms with E-state index >= 15 is 0 Å². The fourth-order valence-corrected chi connectivity index (χ4v) is 2.55. The average molecular weight is 342 g/mol. The van der Waals surface area contributed by atoms with E-state index in [0.29, 0.717) is 29.1 Å². The smallest absolute Gasteiger partial charge is 0.374 e. The van der Waals surface area contributed by atoms with Gasteiger partial charge >= 0.3 is 5.97 Å². The minimum Gasteiger partial charge on any atom is -0.497 e. The van der Waals surface area contributed by atoms with E-state index in [2.05, 4.69) is 0 Å². The highest BCUT2D eigenvalue weighted by molar-refractivity contribution is 5.88. The third-order valence-electron chi connectivity index (χ3n) is 3.77. The zero-order valence-corrected chi connectivity index (χ0v) is 14.3. The zero-order valence-electron chi connectivity index (χ0n) is 14.3. The molecule has 1 aromatic carbocycles. The molecule has 0 bridgehead atoms. The summed E-state index contributed by atoms with van der Waals surface area (Å²) in [6.07, 6.45) is 0.718. The van der Waals surface area contributed by atoms with Crippen molar-refractivity contribution in [3.8, 4) is 17.1 Å². The van der Waals surface area contributed by atoms with Crippen LogP contribution in [0.4, 0.5) is 0 Å². The van der Waals surface area contributed by atoms with E-state index in [0.717, 1.165) is 6.42 Å². The molecule has 0 aliphatic rings. The molecule has 0 aliphatic carbocycles. The second kappa shape index (κ2) is 6.84. The Labute approximate surface area is 144 Å². The molecule has 2 heterocycles. The minimum atomic E-state index is -0.555. The van der Waals surface area contributed by atoms with Gasteiger partial charge in [0.05, 0.1) is 19.1 Å². The van der Waals surface area contributed by atoms with Crippen LogP contribution in [-0.4, -0.2) is 19.7 Å². The number of ether oxygens (including phenoxy) is 2. The van der Waals surface area contributed by atoms with Gasteiger partial charge < -0.3 is 18.3 Å². The third kappa shape index (κ3) is 3.15. The lowest BCUT2D eigenvalue weighted by Gasteiger charge is -2.06. The van der Waals surface area contributed by atoms with Gasteiger partial charge in [-0.2, -0.15) is 0 Å². The van der Waals surface area contributed by atoms with E-state index in [4.69, 9.17) is 18.3 Å². The molecule has 0 amide bonds. The van der Waals surface area contributed by atoms with Crippen LogP contribution in [0.15, 0.2) is 44.0 Å². The molecule has 0 N–H and O–H groups in total. The molecule has 0 radical (unpaired) electrons. The predicted octanol–water partition coefficient (Wildman–Crippen LogP) is 3.94. The van der Waals surface area contributed by atoms with E-state index in [1.54, 1.807) is 38.3 Å². The van der Waals surface area contributed by atoms with Gasteiger partial charge in [-0.1, -0.05) is 6.92 Å². The molecule has 6 nitrogen and oxygen atoms in total. The number of aryl methyl sites for hydroxylation is 1. The lowest BCUT2D eigenvalue weighted by molar-refractivity contribution is 0.0470. The van der Waals surface area contributed by atoms with Crippen molar-refractivity contribution in [1.29, 1.82) is 0 Å². The molecule has 6 heteroatoms. The van der Waals surface area contributed by atoms with Crippen LogP contribution in [0.3, 0.4) is 0 Å². The molecular weight excluding hydrogens is 324 g/mol. The van der Waals surface area contributed by atoms with Gasteiger partial charge in [0.1, 0.15) is 28.4 Å². The van der Waals surface area contributed by atoms with Crippen molar-refractivity contribution in [3.05, 3.63) is 52.1 Å². The average Bonchev–Trinajstić information content (AvgIpc) is 3.08. The highest BCUT2D eigenvalue weighted by Crippen LogP contribution is 2.27. The van der Waals surface area contributed by atoms with Gasteiger partial charge in [-0.15, -0.1) is 0 Å². The van der Waals surface area contributed by atoms with Crippen LogP contribution in [0.5, 0.6) is 5.75 Å². The molecule has 0 aliphatic heterocycles. The Balaban J connectivity index is 2.06. The number of carbonyl (C=O) groups excluding carboxylic acids is 1. The quantitative estimate of drug-likeness (QED) is 0.654. The second-order valence-electron chi connectivity index (χ2n) is 5.52. The number of fused-ring (bicyclic) bond motifs is 1. The van der Waals surface area contributed by atoms with E-state index in [9.17, 15) is 9.59 Å². The molecule has 25 heavy (non-hydrogen) atoms. The van der Waals surface area contributed by atoms with Gasteiger partial charge in [-0.25, -0.2) is 4.79 Å². The first-order valence-corrected chi connectivity index (χ1v) is 7.94. The van der Waals surface area contributed by atoms with Gasteiger partial charge in [-0.05, 0) is 37.6 Å². The number of furan rings is 1. The van der Waals surface area contributed by atoms with E-state index in [1.165, 1.54) is 6.07 Å². The summed E-state index contributed by atoms with van der Waals surface area (Å²) in [5, 5.41) is 0.410. The highest BCUT2D eigenvalue weighted by Gasteiger charge is 2.19. The lowest BCUT2D eigenvalue weighted by Crippen LogP contribution is -2.07. The van der Waals surface area contributed by atoms with Crippen molar-refractivity contribution in [2.45, 2.75) is 20.3 Å². The van der Waals surface area contributed by atoms with Crippen molar-refractivity contribution in [2.75, 3.05) is 13.7 Å². The number of rotatable bonds is 5. The largest absolute Gasteiger partial charge is 0.497 e. The Hall–Kier alpha value is -3.02. The molecule has 0 saturated heterocycles. The first kappa shape index (κ1) is 16.8. The van der Waals surface area contributed by atoms with Crippen molar-refractivity contribution in [2.24, 2.45) is 0 Å². The second-order valence-corrected chi connectivity index (χ2v) is 5.52. The minimum absolute atomic E-state index is 0.0528. The molecular formula is C19H18O6. The topological polar surface area (TPSA) is 78.9 Å². The lowest BCUT2D eigenvalue weighted by atomic mass is 10.1. The van der Waals surface area contributed by atoms with Crippen LogP contribution < -0.4 is 10.2 Å².